The molecule has 0 aliphatic carbocycles. The number of carbonyl (C=O) groups excluding carboxylic acids is 3. The zero-order valence-corrected chi connectivity index (χ0v) is 23.0. The van der Waals surface area contributed by atoms with Crippen molar-refractivity contribution in [3.63, 3.8) is 0 Å². The Kier molecular flexibility index (Phi) is 45.1. The number of carboxylic acids is 3. The molecule has 0 bridgehead atoms. The van der Waals surface area contributed by atoms with Crippen molar-refractivity contribution in [3.8, 4) is 0 Å². The maximum Gasteiger partial charge on any atom is 3.00 e. The van der Waals surface area contributed by atoms with E-state index < -0.39 is 17.9 Å². The molecule has 0 aromatic carbocycles. The van der Waals surface area contributed by atoms with E-state index in [-0.39, 0.29) is 57.0 Å². The first kappa shape index (κ1) is 42.7. The van der Waals surface area contributed by atoms with Crippen LogP contribution in [0.2, 0.25) is 0 Å². The molecule has 0 saturated carbocycles. The van der Waals surface area contributed by atoms with Gasteiger partial charge in [0.25, 0.3) is 0 Å². The van der Waals surface area contributed by atoms with E-state index in [0.29, 0.717) is 59.5 Å². The van der Waals surface area contributed by atoms with Crippen molar-refractivity contribution in [1.82, 2.24) is 0 Å². The van der Waals surface area contributed by atoms with E-state index in [1.54, 1.807) is 21.3 Å². The molecule has 0 aliphatic rings. The Morgan fingerprint density at radius 3 is 0.784 bits per heavy atom. The van der Waals surface area contributed by atoms with Crippen molar-refractivity contribution in [2.75, 3.05) is 120 Å². The minimum atomic E-state index is -1.22. The monoisotopic (exact) mass is 558 g/mol. The van der Waals surface area contributed by atoms with Gasteiger partial charge in [0.05, 0.1) is 117 Å². The number of hydrogen-bond acceptors (Lipinski definition) is 15. The quantitative estimate of drug-likeness (QED) is 0.0803. The summed E-state index contributed by atoms with van der Waals surface area (Å²) in [6.45, 7) is 3.81. The molecule has 0 amide bonds. The van der Waals surface area contributed by atoms with E-state index in [1.165, 1.54) is 0 Å². The van der Waals surface area contributed by atoms with Gasteiger partial charge in [-0.25, -0.2) is 0 Å². The van der Waals surface area contributed by atoms with Gasteiger partial charge in [-0.1, -0.05) is 0 Å². The predicted octanol–water partition coefficient (Wildman–Crippen LogP) is -5.13. The van der Waals surface area contributed by atoms with Gasteiger partial charge in [-0.15, -0.1) is 0 Å². The Morgan fingerprint density at radius 2 is 0.595 bits per heavy atom. The molecule has 0 heterocycles. The molecule has 0 aliphatic heterocycles. The van der Waals surface area contributed by atoms with Gasteiger partial charge in [0, 0.05) is 21.3 Å². The minimum absolute atomic E-state index is 0. The van der Waals surface area contributed by atoms with Crippen LogP contribution in [-0.2, 0) is 57.0 Å². The Balaban J connectivity index is -0.000000218. The van der Waals surface area contributed by atoms with Crippen LogP contribution < -0.4 is 15.3 Å². The Labute approximate surface area is 228 Å². The fourth-order valence-electron chi connectivity index (χ4n) is 1.55. The van der Waals surface area contributed by atoms with Crippen molar-refractivity contribution < 1.29 is 72.3 Å². The van der Waals surface area contributed by atoms with Gasteiger partial charge in [0.15, 0.2) is 0 Å². The minimum Gasteiger partial charge on any atom is -0.548 e. The number of aliphatic carboxylic acids is 3. The molecule has 0 spiro atoms. The first-order chi connectivity index (χ1) is 17.3. The van der Waals surface area contributed by atoms with E-state index in [1.807, 2.05) is 0 Å². The van der Waals surface area contributed by atoms with E-state index >= 15 is 0 Å². The predicted molar refractivity (Wildman–Crippen MR) is 121 cm³/mol. The van der Waals surface area contributed by atoms with Gasteiger partial charge >= 0.3 is 17.4 Å². The SMILES string of the molecule is COCCOCCOCC(=O)[O-].COCCOCCOCC(=O)[O-].COCCOCCOCC(=O)[O-].[Al+3]. The summed E-state index contributed by atoms with van der Waals surface area (Å²) in [6.07, 6.45) is 0. The second-order valence-electron chi connectivity index (χ2n) is 6.09. The molecule has 0 radical (unpaired) electrons. The molecular formula is C21H39AlO15. The summed E-state index contributed by atoms with van der Waals surface area (Å²) in [5, 5.41) is 29.5. The number of ether oxygens (including phenoxy) is 9. The van der Waals surface area contributed by atoms with Crippen LogP contribution in [0.1, 0.15) is 0 Å². The van der Waals surface area contributed by atoms with Crippen molar-refractivity contribution in [2.45, 2.75) is 0 Å². The zero-order chi connectivity index (χ0) is 27.7. The Hall–Kier alpha value is -1.42. The van der Waals surface area contributed by atoms with Crippen molar-refractivity contribution in [1.29, 1.82) is 0 Å². The maximum absolute atomic E-state index is 9.84. The maximum atomic E-state index is 9.84. The van der Waals surface area contributed by atoms with Gasteiger partial charge in [-0.3, -0.25) is 0 Å². The summed E-state index contributed by atoms with van der Waals surface area (Å²) in [6, 6.07) is 0. The summed E-state index contributed by atoms with van der Waals surface area (Å²) >= 11 is 0. The molecule has 0 unspecified atom stereocenters. The van der Waals surface area contributed by atoms with Crippen LogP contribution in [0.4, 0.5) is 0 Å². The normalized spacial score (nSPS) is 9.81. The van der Waals surface area contributed by atoms with Crippen LogP contribution in [0.5, 0.6) is 0 Å². The topological polar surface area (TPSA) is 203 Å². The van der Waals surface area contributed by atoms with E-state index in [4.69, 9.17) is 28.4 Å². The first-order valence-electron chi connectivity index (χ1n) is 10.8. The molecule has 0 atom stereocenters. The molecule has 15 nitrogen and oxygen atoms in total. The molecule has 0 aromatic rings. The summed E-state index contributed by atoms with van der Waals surface area (Å²) in [5.41, 5.74) is 0. The zero-order valence-electron chi connectivity index (χ0n) is 21.8. The van der Waals surface area contributed by atoms with Gasteiger partial charge < -0.3 is 72.3 Å². The molecule has 0 saturated heterocycles. The fourth-order valence-corrected chi connectivity index (χ4v) is 1.55. The Bertz CT molecular complexity index is 416. The average molecular weight is 559 g/mol. The first-order valence-corrected chi connectivity index (χ1v) is 10.8. The smallest absolute Gasteiger partial charge is 0.548 e. The summed E-state index contributed by atoms with van der Waals surface area (Å²) in [5.74, 6) is -3.65. The number of methoxy groups -OCH3 is 3. The molecule has 16 heteroatoms. The van der Waals surface area contributed by atoms with Crippen LogP contribution in [0.15, 0.2) is 0 Å². The number of carbonyl (C=O) groups is 3. The van der Waals surface area contributed by atoms with Crippen molar-refractivity contribution >= 4 is 35.3 Å². The van der Waals surface area contributed by atoms with E-state index in [9.17, 15) is 29.7 Å². The molecular weight excluding hydrogens is 519 g/mol. The molecule has 216 valence electrons. The third kappa shape index (κ3) is 56.1. The van der Waals surface area contributed by atoms with Crippen LogP contribution in [0.25, 0.3) is 0 Å². The molecule has 0 aromatic heterocycles. The third-order valence-corrected chi connectivity index (χ3v) is 3.07. The largest absolute Gasteiger partial charge is 3.00 e. The third-order valence-electron chi connectivity index (χ3n) is 3.07. The van der Waals surface area contributed by atoms with Crippen LogP contribution in [0.3, 0.4) is 0 Å². The van der Waals surface area contributed by atoms with Gasteiger partial charge in [-0.2, -0.15) is 0 Å². The standard InChI is InChI=1S/3C7H14O5.Al/c3*1-10-2-3-11-4-5-12-6-7(8)9;/h3*2-6H2,1H3,(H,8,9);/q;;;+3/p-3. The molecule has 0 N–H and O–H groups in total. The van der Waals surface area contributed by atoms with Crippen LogP contribution in [0, 0.1) is 0 Å². The van der Waals surface area contributed by atoms with Crippen molar-refractivity contribution in [3.05, 3.63) is 0 Å². The van der Waals surface area contributed by atoms with Gasteiger partial charge in [0.1, 0.15) is 0 Å². The van der Waals surface area contributed by atoms with E-state index in [2.05, 4.69) is 14.2 Å². The fraction of sp³-hybridized carbons (Fsp3) is 0.857. The Morgan fingerprint density at radius 1 is 0.405 bits per heavy atom. The summed E-state index contributed by atoms with van der Waals surface area (Å²) in [4.78, 5) is 29.5. The van der Waals surface area contributed by atoms with Crippen LogP contribution in [-0.4, -0.2) is 156 Å². The molecule has 0 fully saturated rings. The van der Waals surface area contributed by atoms with Crippen molar-refractivity contribution in [2.24, 2.45) is 0 Å². The number of rotatable bonds is 24. The van der Waals surface area contributed by atoms with Gasteiger partial charge in [-0.05, 0) is 0 Å². The molecule has 0 rings (SSSR count). The molecule has 37 heavy (non-hydrogen) atoms. The summed E-state index contributed by atoms with van der Waals surface area (Å²) in [7, 11) is 4.74. The van der Waals surface area contributed by atoms with Crippen LogP contribution >= 0.6 is 0 Å². The summed E-state index contributed by atoms with van der Waals surface area (Å²) < 4.78 is 43.1. The average Bonchev–Trinajstić information content (AvgIpc) is 2.83. The number of carboxylic acid groups (broad SMARTS) is 3. The second-order valence-corrected chi connectivity index (χ2v) is 6.09. The van der Waals surface area contributed by atoms with E-state index in [0.717, 1.165) is 0 Å². The second kappa shape index (κ2) is 39.1. The van der Waals surface area contributed by atoms with Gasteiger partial charge in [0.2, 0.25) is 0 Å². The number of hydrogen-bond donors (Lipinski definition) is 0.